The zero-order chi connectivity index (χ0) is 13.8. The fourth-order valence-electron chi connectivity index (χ4n) is 2.47. The highest BCUT2D eigenvalue weighted by Gasteiger charge is 2.26. The van der Waals surface area contributed by atoms with Crippen LogP contribution in [-0.2, 0) is 0 Å². The third kappa shape index (κ3) is 3.85. The first kappa shape index (κ1) is 17.2. The van der Waals surface area contributed by atoms with E-state index < -0.39 is 23.5 Å². The molecule has 1 aliphatic heterocycles. The van der Waals surface area contributed by atoms with Crippen LogP contribution in [0.4, 0.5) is 13.2 Å². The van der Waals surface area contributed by atoms with E-state index >= 15 is 0 Å². The van der Waals surface area contributed by atoms with Crippen LogP contribution in [0.15, 0.2) is 12.1 Å². The van der Waals surface area contributed by atoms with E-state index in [0.29, 0.717) is 19.2 Å². The van der Waals surface area contributed by atoms with Gasteiger partial charge in [0.25, 0.3) is 0 Å². The van der Waals surface area contributed by atoms with Crippen LogP contribution in [-0.4, -0.2) is 42.8 Å². The Bertz CT molecular complexity index is 442. The predicted octanol–water partition coefficient (Wildman–Crippen LogP) is 1.85. The molecule has 1 saturated heterocycles. The van der Waals surface area contributed by atoms with Crippen molar-refractivity contribution in [2.24, 2.45) is 0 Å². The number of benzene rings is 1. The first-order chi connectivity index (χ1) is 9.13. The summed E-state index contributed by atoms with van der Waals surface area (Å²) in [7, 11) is 0. The molecule has 0 saturated carbocycles. The van der Waals surface area contributed by atoms with E-state index in [-0.39, 0.29) is 31.0 Å². The van der Waals surface area contributed by atoms with E-state index in [9.17, 15) is 13.2 Å². The van der Waals surface area contributed by atoms with Gasteiger partial charge in [0.1, 0.15) is 5.82 Å². The molecule has 20 heavy (non-hydrogen) atoms. The Morgan fingerprint density at radius 3 is 2.45 bits per heavy atom. The maximum Gasteiger partial charge on any atom is 0.163 e. The van der Waals surface area contributed by atoms with E-state index in [1.165, 1.54) is 0 Å². The van der Waals surface area contributed by atoms with Gasteiger partial charge in [-0.05, 0) is 12.5 Å². The molecule has 2 N–H and O–H groups in total. The minimum Gasteiger partial charge on any atom is -0.396 e. The smallest absolute Gasteiger partial charge is 0.163 e. The Labute approximate surface area is 122 Å². The van der Waals surface area contributed by atoms with E-state index in [2.05, 4.69) is 5.32 Å². The molecule has 1 aromatic carbocycles. The van der Waals surface area contributed by atoms with Crippen molar-refractivity contribution in [2.75, 3.05) is 32.8 Å². The Balaban J connectivity index is 0.00000200. The summed E-state index contributed by atoms with van der Waals surface area (Å²) in [6.07, 6.45) is 0.250. The van der Waals surface area contributed by atoms with Crippen molar-refractivity contribution in [3.05, 3.63) is 35.1 Å². The summed E-state index contributed by atoms with van der Waals surface area (Å²) >= 11 is 0. The Morgan fingerprint density at radius 2 is 1.85 bits per heavy atom. The largest absolute Gasteiger partial charge is 0.396 e. The minimum atomic E-state index is -1.19. The lowest BCUT2D eigenvalue weighted by Gasteiger charge is -2.35. The lowest BCUT2D eigenvalue weighted by Crippen LogP contribution is -2.45. The van der Waals surface area contributed by atoms with Gasteiger partial charge in [0.05, 0.1) is 0 Å². The van der Waals surface area contributed by atoms with Gasteiger partial charge in [-0.25, -0.2) is 13.2 Å². The molecule has 0 amide bonds. The summed E-state index contributed by atoms with van der Waals surface area (Å²) in [6, 6.07) is 1.05. The first-order valence-electron chi connectivity index (χ1n) is 6.33. The third-order valence-corrected chi connectivity index (χ3v) is 3.38. The molecular formula is C13H18ClF3N2O. The molecule has 0 radical (unpaired) electrons. The first-order valence-corrected chi connectivity index (χ1v) is 6.33. The second-order valence-electron chi connectivity index (χ2n) is 4.60. The van der Waals surface area contributed by atoms with Crippen molar-refractivity contribution in [1.82, 2.24) is 10.2 Å². The lowest BCUT2D eigenvalue weighted by atomic mass is 10.0. The van der Waals surface area contributed by atoms with E-state index in [1.54, 1.807) is 0 Å². The average molecular weight is 311 g/mol. The van der Waals surface area contributed by atoms with Crippen LogP contribution in [0.25, 0.3) is 0 Å². The van der Waals surface area contributed by atoms with Gasteiger partial charge in [0.2, 0.25) is 0 Å². The average Bonchev–Trinajstić information content (AvgIpc) is 2.41. The Morgan fingerprint density at radius 1 is 1.20 bits per heavy atom. The number of aliphatic hydroxyl groups is 1. The maximum absolute atomic E-state index is 13.8. The van der Waals surface area contributed by atoms with Crippen LogP contribution in [0, 0.1) is 17.5 Å². The topological polar surface area (TPSA) is 35.5 Å². The number of rotatable bonds is 4. The molecule has 0 unspecified atom stereocenters. The number of nitrogens with zero attached hydrogens (tertiary/aromatic N) is 1. The van der Waals surface area contributed by atoms with E-state index in [4.69, 9.17) is 5.11 Å². The van der Waals surface area contributed by atoms with Gasteiger partial charge in [0.15, 0.2) is 11.6 Å². The third-order valence-electron chi connectivity index (χ3n) is 3.38. The second-order valence-corrected chi connectivity index (χ2v) is 4.60. The van der Waals surface area contributed by atoms with Crippen molar-refractivity contribution in [1.29, 1.82) is 0 Å². The van der Waals surface area contributed by atoms with E-state index in [0.717, 1.165) is 19.2 Å². The highest BCUT2D eigenvalue weighted by Crippen LogP contribution is 2.28. The van der Waals surface area contributed by atoms with Gasteiger partial charge in [-0.3, -0.25) is 4.90 Å². The van der Waals surface area contributed by atoms with Gasteiger partial charge in [-0.1, -0.05) is 0 Å². The van der Waals surface area contributed by atoms with Gasteiger partial charge in [-0.2, -0.15) is 0 Å². The minimum absolute atomic E-state index is 0. The monoisotopic (exact) mass is 310 g/mol. The molecule has 0 bridgehead atoms. The number of nitrogens with one attached hydrogen (secondary N) is 1. The SMILES string of the molecule is Cl.OCC[C@H](c1cc(F)cc(F)c1F)N1CCNCC1. The van der Waals surface area contributed by atoms with Crippen molar-refractivity contribution in [3.8, 4) is 0 Å². The quantitative estimate of drug-likeness (QED) is 0.833. The number of aliphatic hydroxyl groups excluding tert-OH is 1. The fraction of sp³-hybridized carbons (Fsp3) is 0.538. The summed E-state index contributed by atoms with van der Waals surface area (Å²) in [5.74, 6) is -3.02. The number of hydrogen-bond acceptors (Lipinski definition) is 3. The summed E-state index contributed by atoms with van der Waals surface area (Å²) in [5, 5.41) is 12.3. The normalized spacial score (nSPS) is 17.6. The van der Waals surface area contributed by atoms with Crippen LogP contribution >= 0.6 is 12.4 Å². The van der Waals surface area contributed by atoms with Crippen molar-refractivity contribution in [3.63, 3.8) is 0 Å². The predicted molar refractivity (Wildman–Crippen MR) is 72.5 cm³/mol. The zero-order valence-corrected chi connectivity index (χ0v) is 11.7. The fourth-order valence-corrected chi connectivity index (χ4v) is 2.47. The molecule has 1 fully saturated rings. The van der Waals surface area contributed by atoms with Crippen LogP contribution in [0.5, 0.6) is 0 Å². The molecule has 1 aliphatic rings. The molecule has 7 heteroatoms. The summed E-state index contributed by atoms with van der Waals surface area (Å²) in [6.45, 7) is 2.62. The Hall–Kier alpha value is -0.820. The molecule has 114 valence electrons. The summed E-state index contributed by atoms with van der Waals surface area (Å²) in [5.41, 5.74) is -0.0200. The van der Waals surface area contributed by atoms with Crippen molar-refractivity contribution < 1.29 is 18.3 Å². The van der Waals surface area contributed by atoms with E-state index in [1.807, 2.05) is 4.90 Å². The van der Waals surface area contributed by atoms with Crippen LogP contribution in [0.2, 0.25) is 0 Å². The molecule has 1 atom stereocenters. The molecule has 1 heterocycles. The van der Waals surface area contributed by atoms with Crippen molar-refractivity contribution >= 4 is 12.4 Å². The van der Waals surface area contributed by atoms with Crippen LogP contribution < -0.4 is 5.32 Å². The van der Waals surface area contributed by atoms with Crippen LogP contribution in [0.3, 0.4) is 0 Å². The van der Waals surface area contributed by atoms with Gasteiger partial charge in [0, 0.05) is 50.5 Å². The Kier molecular flexibility index (Phi) is 6.75. The second kappa shape index (κ2) is 7.83. The number of hydrogen-bond donors (Lipinski definition) is 2. The molecule has 0 aromatic heterocycles. The van der Waals surface area contributed by atoms with Gasteiger partial charge in [-0.15, -0.1) is 12.4 Å². The van der Waals surface area contributed by atoms with Gasteiger partial charge >= 0.3 is 0 Å². The number of piperazine rings is 1. The highest BCUT2D eigenvalue weighted by molar-refractivity contribution is 5.85. The molecule has 0 spiro atoms. The molecular weight excluding hydrogens is 293 g/mol. The molecule has 1 aromatic rings. The standard InChI is InChI=1S/C13H17F3N2O.ClH/c14-9-7-10(13(16)11(15)8-9)12(1-6-19)18-4-2-17-3-5-18;/h7-8,12,17,19H,1-6H2;1H/t12-;/m1./s1. The van der Waals surface area contributed by atoms with Gasteiger partial charge < -0.3 is 10.4 Å². The summed E-state index contributed by atoms with van der Waals surface area (Å²) in [4.78, 5) is 1.93. The summed E-state index contributed by atoms with van der Waals surface area (Å²) < 4.78 is 40.4. The molecule has 0 aliphatic carbocycles. The zero-order valence-electron chi connectivity index (χ0n) is 10.9. The lowest BCUT2D eigenvalue weighted by molar-refractivity contribution is 0.137. The highest BCUT2D eigenvalue weighted by atomic mass is 35.5. The maximum atomic E-state index is 13.8. The molecule has 3 nitrogen and oxygen atoms in total. The number of halogens is 4. The van der Waals surface area contributed by atoms with Crippen LogP contribution in [0.1, 0.15) is 18.0 Å². The molecule has 2 rings (SSSR count). The van der Waals surface area contributed by atoms with Crippen molar-refractivity contribution in [2.45, 2.75) is 12.5 Å².